The van der Waals surface area contributed by atoms with E-state index in [1.54, 1.807) is 17.2 Å². The Kier molecular flexibility index (Phi) is 6.42. The monoisotopic (exact) mass is 408 g/mol. The second-order valence-electron chi connectivity index (χ2n) is 7.46. The van der Waals surface area contributed by atoms with Gasteiger partial charge in [0, 0.05) is 19.2 Å². The molecule has 30 heavy (non-hydrogen) atoms. The van der Waals surface area contributed by atoms with Crippen molar-refractivity contribution in [3.05, 3.63) is 71.9 Å². The van der Waals surface area contributed by atoms with Gasteiger partial charge < -0.3 is 23.4 Å². The van der Waals surface area contributed by atoms with Gasteiger partial charge in [0.2, 0.25) is 0 Å². The minimum atomic E-state index is -0.119. The number of benzene rings is 1. The maximum absolute atomic E-state index is 13.4. The largest absolute Gasteiger partial charge is 0.493 e. The average Bonchev–Trinajstić information content (AvgIpc) is 3.46. The topological polar surface area (TPSA) is 59.1 Å². The van der Waals surface area contributed by atoms with E-state index in [-0.39, 0.29) is 5.91 Å². The van der Waals surface area contributed by atoms with Gasteiger partial charge in [-0.15, -0.1) is 0 Å². The summed E-state index contributed by atoms with van der Waals surface area (Å²) < 4.78 is 17.3. The molecule has 0 unspecified atom stereocenters. The number of hydrogen-bond donors (Lipinski definition) is 0. The Morgan fingerprint density at radius 2 is 1.80 bits per heavy atom. The molecule has 1 fully saturated rings. The van der Waals surface area contributed by atoms with Crippen LogP contribution in [-0.2, 0) is 13.1 Å². The van der Waals surface area contributed by atoms with Crippen molar-refractivity contribution in [3.63, 3.8) is 0 Å². The lowest BCUT2D eigenvalue weighted by atomic mass is 10.1. The van der Waals surface area contributed by atoms with Gasteiger partial charge in [0.1, 0.15) is 17.3 Å². The highest BCUT2D eigenvalue weighted by atomic mass is 16.5. The smallest absolute Gasteiger partial charge is 0.258 e. The van der Waals surface area contributed by atoms with Gasteiger partial charge in [0.15, 0.2) is 5.88 Å². The molecule has 0 aliphatic carbocycles. The predicted octanol–water partition coefficient (Wildman–Crippen LogP) is 5.10. The summed E-state index contributed by atoms with van der Waals surface area (Å²) in [5.41, 5.74) is 0.536. The third-order valence-corrected chi connectivity index (χ3v) is 5.29. The number of furan rings is 2. The zero-order valence-corrected chi connectivity index (χ0v) is 17.4. The fourth-order valence-corrected chi connectivity index (χ4v) is 3.81. The Hall–Kier alpha value is -3.15. The van der Waals surface area contributed by atoms with E-state index in [9.17, 15) is 4.79 Å². The molecule has 0 bridgehead atoms. The number of carbonyl (C=O) groups excluding carboxylic acids is 1. The van der Waals surface area contributed by atoms with Crippen molar-refractivity contribution in [2.24, 2.45) is 0 Å². The number of rotatable bonds is 8. The molecule has 3 aromatic rings. The van der Waals surface area contributed by atoms with Crippen molar-refractivity contribution in [2.45, 2.75) is 39.3 Å². The number of anilines is 1. The summed E-state index contributed by atoms with van der Waals surface area (Å²) in [6, 6.07) is 15.0. The Labute approximate surface area is 177 Å². The molecule has 0 saturated carbocycles. The summed E-state index contributed by atoms with van der Waals surface area (Å²) in [5, 5.41) is 0. The molecule has 6 heteroatoms. The number of carbonyl (C=O) groups is 1. The predicted molar refractivity (Wildman–Crippen MR) is 115 cm³/mol. The van der Waals surface area contributed by atoms with Crippen LogP contribution in [0.25, 0.3) is 0 Å². The van der Waals surface area contributed by atoms with Crippen LogP contribution in [0.2, 0.25) is 0 Å². The van der Waals surface area contributed by atoms with E-state index in [0.717, 1.165) is 30.5 Å². The van der Waals surface area contributed by atoms with Gasteiger partial charge in [0.25, 0.3) is 5.91 Å². The van der Waals surface area contributed by atoms with Crippen LogP contribution in [0.3, 0.4) is 0 Å². The minimum Gasteiger partial charge on any atom is -0.493 e. The summed E-state index contributed by atoms with van der Waals surface area (Å²) in [6.45, 7) is 5.15. The molecule has 1 aliphatic rings. The molecule has 1 aromatic carbocycles. The Morgan fingerprint density at radius 3 is 2.57 bits per heavy atom. The number of ether oxygens (including phenoxy) is 1. The molecular formula is C24H28N2O4. The van der Waals surface area contributed by atoms with Crippen molar-refractivity contribution >= 4 is 11.8 Å². The second kappa shape index (κ2) is 9.57. The SMILES string of the molecule is CCOc1ccccc1C(=O)N(Cc1ccco1)Cc1ccc(N2CCCCC2)o1. The molecule has 1 aliphatic heterocycles. The Balaban J connectivity index is 1.56. The van der Waals surface area contributed by atoms with Crippen LogP contribution in [0.5, 0.6) is 5.75 Å². The van der Waals surface area contributed by atoms with Crippen LogP contribution in [0.15, 0.2) is 63.6 Å². The first-order valence-corrected chi connectivity index (χ1v) is 10.6. The molecule has 1 saturated heterocycles. The first-order chi connectivity index (χ1) is 14.7. The normalized spacial score (nSPS) is 14.0. The van der Waals surface area contributed by atoms with E-state index < -0.39 is 0 Å². The quantitative estimate of drug-likeness (QED) is 0.519. The highest BCUT2D eigenvalue weighted by Crippen LogP contribution is 2.26. The lowest BCUT2D eigenvalue weighted by molar-refractivity contribution is 0.0701. The third kappa shape index (κ3) is 4.70. The molecule has 6 nitrogen and oxygen atoms in total. The van der Waals surface area contributed by atoms with E-state index in [4.69, 9.17) is 13.6 Å². The molecular weight excluding hydrogens is 380 g/mol. The van der Waals surface area contributed by atoms with Crippen LogP contribution >= 0.6 is 0 Å². The van der Waals surface area contributed by atoms with Crippen LogP contribution in [0, 0.1) is 0 Å². The summed E-state index contributed by atoms with van der Waals surface area (Å²) in [5.74, 6) is 2.82. The van der Waals surface area contributed by atoms with E-state index in [1.807, 2.05) is 49.4 Å². The molecule has 0 atom stereocenters. The molecule has 3 heterocycles. The molecule has 158 valence electrons. The van der Waals surface area contributed by atoms with Crippen LogP contribution in [0.1, 0.15) is 48.1 Å². The number of piperidine rings is 1. The first kappa shape index (κ1) is 20.1. The van der Waals surface area contributed by atoms with Gasteiger partial charge >= 0.3 is 0 Å². The third-order valence-electron chi connectivity index (χ3n) is 5.29. The maximum Gasteiger partial charge on any atom is 0.258 e. The molecule has 4 rings (SSSR count). The van der Waals surface area contributed by atoms with Gasteiger partial charge in [-0.3, -0.25) is 4.79 Å². The molecule has 0 radical (unpaired) electrons. The Bertz CT molecular complexity index is 942. The van der Waals surface area contributed by atoms with E-state index >= 15 is 0 Å². The summed E-state index contributed by atoms with van der Waals surface area (Å²) in [6.07, 6.45) is 5.27. The second-order valence-corrected chi connectivity index (χ2v) is 7.46. The van der Waals surface area contributed by atoms with Gasteiger partial charge in [-0.2, -0.15) is 0 Å². The van der Waals surface area contributed by atoms with Crippen molar-refractivity contribution in [1.82, 2.24) is 4.90 Å². The van der Waals surface area contributed by atoms with E-state index in [1.165, 1.54) is 19.3 Å². The van der Waals surface area contributed by atoms with Gasteiger partial charge in [-0.05, 0) is 56.5 Å². The Morgan fingerprint density at radius 1 is 1.00 bits per heavy atom. The summed E-state index contributed by atoms with van der Waals surface area (Å²) in [7, 11) is 0. The lowest BCUT2D eigenvalue weighted by Gasteiger charge is -2.26. The fourth-order valence-electron chi connectivity index (χ4n) is 3.81. The number of hydrogen-bond acceptors (Lipinski definition) is 5. The zero-order valence-electron chi connectivity index (χ0n) is 17.4. The number of amides is 1. The highest BCUT2D eigenvalue weighted by molar-refractivity contribution is 5.96. The standard InChI is InChI=1S/C24H28N2O4/c1-2-28-22-11-5-4-10-21(22)24(27)26(17-19-9-8-16-29-19)18-20-12-13-23(30-20)25-14-6-3-7-15-25/h4-5,8-13,16H,2-3,6-7,14-15,17-18H2,1H3. The van der Waals surface area contributed by atoms with Crippen molar-refractivity contribution in [2.75, 3.05) is 24.6 Å². The van der Waals surface area contributed by atoms with Crippen molar-refractivity contribution in [3.8, 4) is 5.75 Å². The van der Waals surface area contributed by atoms with Gasteiger partial charge in [-0.1, -0.05) is 12.1 Å². The van der Waals surface area contributed by atoms with E-state index in [2.05, 4.69) is 4.90 Å². The fraction of sp³-hybridized carbons (Fsp3) is 0.375. The van der Waals surface area contributed by atoms with Gasteiger partial charge in [0.05, 0.1) is 31.5 Å². The molecule has 2 aromatic heterocycles. The van der Waals surface area contributed by atoms with E-state index in [0.29, 0.717) is 31.0 Å². The number of nitrogens with zero attached hydrogens (tertiary/aromatic N) is 2. The summed E-state index contributed by atoms with van der Waals surface area (Å²) in [4.78, 5) is 17.4. The van der Waals surface area contributed by atoms with Crippen LogP contribution in [-0.4, -0.2) is 30.5 Å². The average molecular weight is 408 g/mol. The summed E-state index contributed by atoms with van der Waals surface area (Å²) >= 11 is 0. The lowest BCUT2D eigenvalue weighted by Crippen LogP contribution is -2.30. The van der Waals surface area contributed by atoms with Crippen LogP contribution < -0.4 is 9.64 Å². The zero-order chi connectivity index (χ0) is 20.8. The maximum atomic E-state index is 13.4. The number of para-hydroxylation sites is 1. The first-order valence-electron chi connectivity index (χ1n) is 10.6. The van der Waals surface area contributed by atoms with Gasteiger partial charge in [-0.25, -0.2) is 0 Å². The molecule has 1 amide bonds. The molecule has 0 spiro atoms. The van der Waals surface area contributed by atoms with Crippen molar-refractivity contribution in [1.29, 1.82) is 0 Å². The molecule has 0 N–H and O–H groups in total. The van der Waals surface area contributed by atoms with Crippen LogP contribution in [0.4, 0.5) is 5.88 Å². The van der Waals surface area contributed by atoms with Crippen molar-refractivity contribution < 1.29 is 18.4 Å². The minimum absolute atomic E-state index is 0.119. The highest BCUT2D eigenvalue weighted by Gasteiger charge is 2.23.